The summed E-state index contributed by atoms with van der Waals surface area (Å²) in [6.07, 6.45) is 1.55. The summed E-state index contributed by atoms with van der Waals surface area (Å²) >= 11 is 1.32. The number of hydrogen-bond acceptors (Lipinski definition) is 5. The number of sulfonamides is 1. The normalized spacial score (nSPS) is 12.2. The molecule has 2 heterocycles. The highest BCUT2D eigenvalue weighted by Gasteiger charge is 2.26. The fraction of sp³-hybridized carbons (Fsp3) is 0.429. The third-order valence-corrected chi connectivity index (χ3v) is 6.80. The number of furan rings is 1. The number of nitrogens with one attached hydrogen (secondary N) is 1. The standard InChI is InChI=1S/C14H20N2O3S2/c1-4-16(10-12-6-5-7-19-12)21(17,18)14-8-11(2)13(20-14)9-15-3/h5-8,15H,4,9-10H2,1-3H3. The highest BCUT2D eigenvalue weighted by molar-refractivity contribution is 7.91. The second kappa shape index (κ2) is 6.74. The zero-order valence-electron chi connectivity index (χ0n) is 12.4. The molecule has 7 heteroatoms. The lowest BCUT2D eigenvalue weighted by Crippen LogP contribution is -2.29. The number of nitrogens with zero attached hydrogens (tertiary/aromatic N) is 1. The predicted molar refractivity (Wildman–Crippen MR) is 83.8 cm³/mol. The molecule has 116 valence electrons. The largest absolute Gasteiger partial charge is 0.468 e. The van der Waals surface area contributed by atoms with Crippen molar-refractivity contribution in [3.05, 3.63) is 40.7 Å². The van der Waals surface area contributed by atoms with E-state index >= 15 is 0 Å². The zero-order valence-corrected chi connectivity index (χ0v) is 14.1. The quantitative estimate of drug-likeness (QED) is 0.848. The van der Waals surface area contributed by atoms with E-state index in [0.717, 1.165) is 10.4 Å². The Morgan fingerprint density at radius 2 is 2.19 bits per heavy atom. The first-order chi connectivity index (χ1) is 9.98. The summed E-state index contributed by atoms with van der Waals surface area (Å²) in [4.78, 5) is 1.05. The van der Waals surface area contributed by atoms with Gasteiger partial charge in [0.2, 0.25) is 0 Å². The molecule has 0 aromatic carbocycles. The first-order valence-corrected chi connectivity index (χ1v) is 9.01. The molecule has 1 N–H and O–H groups in total. The van der Waals surface area contributed by atoms with Gasteiger partial charge in [0.25, 0.3) is 10.0 Å². The summed E-state index contributed by atoms with van der Waals surface area (Å²) in [5.41, 5.74) is 1.00. The van der Waals surface area contributed by atoms with E-state index in [4.69, 9.17) is 4.42 Å². The summed E-state index contributed by atoms with van der Waals surface area (Å²) in [5.74, 6) is 0.643. The van der Waals surface area contributed by atoms with Gasteiger partial charge in [0.15, 0.2) is 0 Å². The molecule has 0 bridgehead atoms. The van der Waals surface area contributed by atoms with Gasteiger partial charge in [0.05, 0.1) is 12.8 Å². The number of thiophene rings is 1. The van der Waals surface area contributed by atoms with Crippen molar-refractivity contribution in [3.63, 3.8) is 0 Å². The van der Waals surface area contributed by atoms with Gasteiger partial charge in [-0.05, 0) is 37.7 Å². The summed E-state index contributed by atoms with van der Waals surface area (Å²) in [5, 5.41) is 3.06. The van der Waals surface area contributed by atoms with Crippen LogP contribution in [-0.4, -0.2) is 26.3 Å². The lowest BCUT2D eigenvalue weighted by Gasteiger charge is -2.18. The van der Waals surface area contributed by atoms with Gasteiger partial charge < -0.3 is 9.73 Å². The fourth-order valence-corrected chi connectivity index (χ4v) is 5.19. The van der Waals surface area contributed by atoms with Gasteiger partial charge in [-0.2, -0.15) is 4.31 Å². The molecule has 0 fully saturated rings. The third kappa shape index (κ3) is 3.55. The van der Waals surface area contributed by atoms with E-state index < -0.39 is 10.0 Å². The molecule has 0 spiro atoms. The summed E-state index contributed by atoms with van der Waals surface area (Å²) in [6, 6.07) is 5.29. The van der Waals surface area contributed by atoms with Crippen molar-refractivity contribution in [2.75, 3.05) is 13.6 Å². The van der Waals surface area contributed by atoms with Gasteiger partial charge in [-0.1, -0.05) is 6.92 Å². The molecule has 0 unspecified atom stereocenters. The molecular weight excluding hydrogens is 308 g/mol. The molecule has 0 saturated heterocycles. The van der Waals surface area contributed by atoms with Gasteiger partial charge in [-0.3, -0.25) is 0 Å². The second-order valence-electron chi connectivity index (χ2n) is 4.71. The second-order valence-corrected chi connectivity index (χ2v) is 8.01. The van der Waals surface area contributed by atoms with Crippen LogP contribution < -0.4 is 5.32 Å². The minimum absolute atomic E-state index is 0.254. The molecule has 2 aromatic rings. The fourth-order valence-electron chi connectivity index (χ4n) is 2.02. The monoisotopic (exact) mass is 328 g/mol. The third-order valence-electron chi connectivity index (χ3n) is 3.19. The van der Waals surface area contributed by atoms with Crippen molar-refractivity contribution in [3.8, 4) is 0 Å². The van der Waals surface area contributed by atoms with Gasteiger partial charge in [-0.15, -0.1) is 11.3 Å². The predicted octanol–water partition coefficient (Wildman–Crippen LogP) is 2.58. The van der Waals surface area contributed by atoms with Gasteiger partial charge in [-0.25, -0.2) is 8.42 Å². The Morgan fingerprint density at radius 3 is 2.76 bits per heavy atom. The minimum atomic E-state index is -3.48. The number of hydrogen-bond donors (Lipinski definition) is 1. The highest BCUT2D eigenvalue weighted by atomic mass is 32.2. The van der Waals surface area contributed by atoms with E-state index in [1.807, 2.05) is 20.9 Å². The Morgan fingerprint density at radius 1 is 1.43 bits per heavy atom. The summed E-state index contributed by atoms with van der Waals surface area (Å²) in [7, 11) is -1.63. The molecule has 21 heavy (non-hydrogen) atoms. The molecule has 0 aliphatic carbocycles. The first-order valence-electron chi connectivity index (χ1n) is 6.75. The molecule has 0 saturated carbocycles. The number of aryl methyl sites for hydroxylation is 1. The van der Waals surface area contributed by atoms with Gasteiger partial charge in [0, 0.05) is 18.0 Å². The first kappa shape index (κ1) is 16.2. The van der Waals surface area contributed by atoms with Gasteiger partial charge >= 0.3 is 0 Å². The lowest BCUT2D eigenvalue weighted by molar-refractivity contribution is 0.376. The Labute approximate surface area is 129 Å². The van der Waals surface area contributed by atoms with Crippen molar-refractivity contribution >= 4 is 21.4 Å². The Balaban J connectivity index is 2.28. The van der Waals surface area contributed by atoms with Crippen LogP contribution in [0, 0.1) is 6.92 Å². The SMILES string of the molecule is CCN(Cc1ccco1)S(=O)(=O)c1cc(C)c(CNC)s1. The van der Waals surface area contributed by atoms with Crippen molar-refractivity contribution in [1.29, 1.82) is 0 Å². The Kier molecular flexibility index (Phi) is 5.21. The van der Waals surface area contributed by atoms with Crippen LogP contribution in [0.2, 0.25) is 0 Å². The Bertz CT molecular complexity index is 675. The van der Waals surface area contributed by atoms with E-state index in [1.54, 1.807) is 24.5 Å². The van der Waals surface area contributed by atoms with Crippen LogP contribution in [0.1, 0.15) is 23.1 Å². The topological polar surface area (TPSA) is 62.6 Å². The van der Waals surface area contributed by atoms with Gasteiger partial charge in [0.1, 0.15) is 9.97 Å². The molecular formula is C14H20N2O3S2. The molecule has 0 radical (unpaired) electrons. The van der Waals surface area contributed by atoms with Crippen molar-refractivity contribution in [1.82, 2.24) is 9.62 Å². The van der Waals surface area contributed by atoms with E-state index in [2.05, 4.69) is 5.32 Å². The van der Waals surface area contributed by atoms with Crippen LogP contribution in [0.3, 0.4) is 0 Å². The maximum atomic E-state index is 12.7. The van der Waals surface area contributed by atoms with E-state index in [0.29, 0.717) is 23.1 Å². The molecule has 2 aromatic heterocycles. The average molecular weight is 328 g/mol. The highest BCUT2D eigenvalue weighted by Crippen LogP contribution is 2.29. The molecule has 2 rings (SSSR count). The minimum Gasteiger partial charge on any atom is -0.468 e. The molecule has 0 atom stereocenters. The molecule has 0 aliphatic heterocycles. The van der Waals surface area contributed by atoms with Crippen LogP contribution >= 0.6 is 11.3 Å². The summed E-state index contributed by atoms with van der Waals surface area (Å²) < 4.78 is 32.5. The van der Waals surface area contributed by atoms with Crippen LogP contribution in [0.4, 0.5) is 0 Å². The smallest absolute Gasteiger partial charge is 0.252 e. The van der Waals surface area contributed by atoms with E-state index in [-0.39, 0.29) is 6.54 Å². The average Bonchev–Trinajstić information content (AvgIpc) is 3.07. The molecule has 0 amide bonds. The van der Waals surface area contributed by atoms with Crippen LogP contribution in [0.5, 0.6) is 0 Å². The van der Waals surface area contributed by atoms with Crippen molar-refractivity contribution in [2.24, 2.45) is 0 Å². The van der Waals surface area contributed by atoms with Crippen LogP contribution in [-0.2, 0) is 23.1 Å². The summed E-state index contributed by atoms with van der Waals surface area (Å²) in [6.45, 7) is 5.10. The van der Waals surface area contributed by atoms with E-state index in [1.165, 1.54) is 15.6 Å². The lowest BCUT2D eigenvalue weighted by atomic mass is 10.3. The van der Waals surface area contributed by atoms with Crippen molar-refractivity contribution in [2.45, 2.75) is 31.1 Å². The number of rotatable bonds is 7. The zero-order chi connectivity index (χ0) is 15.5. The maximum absolute atomic E-state index is 12.7. The van der Waals surface area contributed by atoms with Crippen molar-refractivity contribution < 1.29 is 12.8 Å². The van der Waals surface area contributed by atoms with Crippen LogP contribution in [0.25, 0.3) is 0 Å². The molecule has 5 nitrogen and oxygen atoms in total. The van der Waals surface area contributed by atoms with E-state index in [9.17, 15) is 8.42 Å². The Hall–Kier alpha value is -1.15. The maximum Gasteiger partial charge on any atom is 0.252 e. The van der Waals surface area contributed by atoms with Crippen LogP contribution in [0.15, 0.2) is 33.1 Å². The molecule has 0 aliphatic rings.